The van der Waals surface area contributed by atoms with Gasteiger partial charge in [-0.2, -0.15) is 0 Å². The zero-order chi connectivity index (χ0) is 10.7. The first-order valence-corrected chi connectivity index (χ1v) is 5.61. The fourth-order valence-corrected chi connectivity index (χ4v) is 2.26. The highest BCUT2D eigenvalue weighted by atomic mass is 32.1. The number of aryl methyl sites for hydroxylation is 1. The lowest BCUT2D eigenvalue weighted by atomic mass is 10.1. The highest BCUT2D eigenvalue weighted by molar-refractivity contribution is 7.10. The van der Waals surface area contributed by atoms with Crippen LogP contribution in [0.3, 0.4) is 0 Å². The molecule has 2 heterocycles. The van der Waals surface area contributed by atoms with Crippen LogP contribution >= 0.6 is 11.3 Å². The van der Waals surface area contributed by atoms with Crippen molar-refractivity contribution in [2.75, 3.05) is 0 Å². The normalized spacial score (nSPS) is 12.7. The maximum absolute atomic E-state index is 5.56. The number of rotatable bonds is 3. The minimum atomic E-state index is 0.0399. The van der Waals surface area contributed by atoms with Crippen LogP contribution in [0.1, 0.15) is 22.2 Å². The molecule has 15 heavy (non-hydrogen) atoms. The summed E-state index contributed by atoms with van der Waals surface area (Å²) in [5.41, 5.74) is 4.91. The summed E-state index contributed by atoms with van der Waals surface area (Å²) in [6.07, 6.45) is 1.86. The lowest BCUT2D eigenvalue weighted by Gasteiger charge is -2.14. The number of hydrogen-bond donors (Lipinski definition) is 2. The van der Waals surface area contributed by atoms with Crippen molar-refractivity contribution in [1.82, 2.24) is 10.4 Å². The van der Waals surface area contributed by atoms with Gasteiger partial charge in [-0.15, -0.1) is 11.3 Å². The molecule has 2 aromatic rings. The molecule has 0 spiro atoms. The smallest absolute Gasteiger partial charge is 0.0817 e. The second-order valence-electron chi connectivity index (χ2n) is 3.35. The first-order chi connectivity index (χ1) is 7.31. The van der Waals surface area contributed by atoms with Crippen molar-refractivity contribution in [2.45, 2.75) is 13.0 Å². The summed E-state index contributed by atoms with van der Waals surface area (Å²) in [6, 6.07) is 8.17. The molecule has 0 saturated carbocycles. The van der Waals surface area contributed by atoms with Crippen molar-refractivity contribution >= 4 is 11.3 Å². The summed E-state index contributed by atoms with van der Waals surface area (Å²) in [5.74, 6) is 5.56. The van der Waals surface area contributed by atoms with Crippen molar-refractivity contribution in [1.29, 1.82) is 0 Å². The van der Waals surface area contributed by atoms with E-state index in [1.807, 2.05) is 36.7 Å². The second-order valence-corrected chi connectivity index (χ2v) is 4.33. The van der Waals surface area contributed by atoms with Crippen LogP contribution in [0.25, 0.3) is 0 Å². The van der Waals surface area contributed by atoms with E-state index in [0.717, 1.165) is 11.3 Å². The molecule has 0 aliphatic carbocycles. The van der Waals surface area contributed by atoms with Crippen molar-refractivity contribution in [3.63, 3.8) is 0 Å². The standard InChI is InChI=1S/C11H13N3S/c1-8-4-5-9(7-13-8)11(14-12)10-3-2-6-15-10/h2-7,11,14H,12H2,1H3. The molecular formula is C11H13N3S. The maximum atomic E-state index is 5.56. The average Bonchev–Trinajstić information content (AvgIpc) is 2.75. The molecule has 3 nitrogen and oxygen atoms in total. The van der Waals surface area contributed by atoms with E-state index in [2.05, 4.69) is 16.5 Å². The predicted octanol–water partition coefficient (Wildman–Crippen LogP) is 2.00. The summed E-state index contributed by atoms with van der Waals surface area (Å²) in [6.45, 7) is 1.97. The van der Waals surface area contributed by atoms with Crippen LogP contribution in [0.15, 0.2) is 35.8 Å². The first kappa shape index (κ1) is 10.3. The molecule has 78 valence electrons. The van der Waals surface area contributed by atoms with Crippen LogP contribution in [0.5, 0.6) is 0 Å². The minimum Gasteiger partial charge on any atom is -0.271 e. The summed E-state index contributed by atoms with van der Waals surface area (Å²) in [7, 11) is 0. The van der Waals surface area contributed by atoms with E-state index < -0.39 is 0 Å². The minimum absolute atomic E-state index is 0.0399. The van der Waals surface area contributed by atoms with Crippen molar-refractivity contribution < 1.29 is 0 Å². The molecule has 0 bridgehead atoms. The van der Waals surface area contributed by atoms with Crippen molar-refractivity contribution in [3.8, 4) is 0 Å². The average molecular weight is 219 g/mol. The lowest BCUT2D eigenvalue weighted by molar-refractivity contribution is 0.644. The Bertz CT molecular complexity index is 408. The fourth-order valence-electron chi connectivity index (χ4n) is 1.45. The number of nitrogens with one attached hydrogen (secondary N) is 1. The van der Waals surface area contributed by atoms with Gasteiger partial charge in [-0.25, -0.2) is 5.43 Å². The topological polar surface area (TPSA) is 50.9 Å². The lowest BCUT2D eigenvalue weighted by Crippen LogP contribution is -2.28. The number of aromatic nitrogens is 1. The zero-order valence-electron chi connectivity index (χ0n) is 8.47. The Hall–Kier alpha value is -1.23. The van der Waals surface area contributed by atoms with Gasteiger partial charge >= 0.3 is 0 Å². The molecule has 0 saturated heterocycles. The molecule has 0 radical (unpaired) electrons. The van der Waals surface area contributed by atoms with Gasteiger partial charge in [0.2, 0.25) is 0 Å². The summed E-state index contributed by atoms with van der Waals surface area (Å²) in [5, 5.41) is 2.04. The molecule has 3 N–H and O–H groups in total. The van der Waals surface area contributed by atoms with Crippen molar-refractivity contribution in [2.24, 2.45) is 5.84 Å². The Morgan fingerprint density at radius 1 is 1.40 bits per heavy atom. The van der Waals surface area contributed by atoms with Gasteiger partial charge in [0.05, 0.1) is 6.04 Å². The van der Waals surface area contributed by atoms with E-state index in [1.165, 1.54) is 4.88 Å². The van der Waals surface area contributed by atoms with Gasteiger partial charge in [0.15, 0.2) is 0 Å². The molecule has 0 aliphatic heterocycles. The number of hydrogen-bond acceptors (Lipinski definition) is 4. The van der Waals surface area contributed by atoms with Gasteiger partial charge in [0.1, 0.15) is 0 Å². The third-order valence-corrected chi connectivity index (χ3v) is 3.20. The predicted molar refractivity (Wildman–Crippen MR) is 62.5 cm³/mol. The first-order valence-electron chi connectivity index (χ1n) is 4.73. The second kappa shape index (κ2) is 4.53. The van der Waals surface area contributed by atoms with Gasteiger partial charge in [0, 0.05) is 16.8 Å². The Labute approximate surface area is 92.9 Å². The maximum Gasteiger partial charge on any atom is 0.0817 e. The van der Waals surface area contributed by atoms with Gasteiger partial charge in [0.25, 0.3) is 0 Å². The molecule has 0 amide bonds. The number of nitrogens with two attached hydrogens (primary N) is 1. The largest absolute Gasteiger partial charge is 0.271 e. The van der Waals surface area contributed by atoms with E-state index >= 15 is 0 Å². The van der Waals surface area contributed by atoms with E-state index in [1.54, 1.807) is 11.3 Å². The monoisotopic (exact) mass is 219 g/mol. The third kappa shape index (κ3) is 2.23. The number of hydrazine groups is 1. The van der Waals surface area contributed by atoms with Crippen LogP contribution in [0.2, 0.25) is 0 Å². The molecule has 2 rings (SSSR count). The van der Waals surface area contributed by atoms with Crippen LogP contribution < -0.4 is 11.3 Å². The van der Waals surface area contributed by atoms with Gasteiger partial charge in [-0.05, 0) is 30.0 Å². The van der Waals surface area contributed by atoms with Crippen LogP contribution in [0.4, 0.5) is 0 Å². The molecule has 0 aromatic carbocycles. The molecule has 1 atom stereocenters. The Morgan fingerprint density at radius 3 is 2.80 bits per heavy atom. The highest BCUT2D eigenvalue weighted by Crippen LogP contribution is 2.24. The number of thiophene rings is 1. The van der Waals surface area contributed by atoms with Gasteiger partial charge in [-0.1, -0.05) is 12.1 Å². The molecule has 2 aromatic heterocycles. The molecule has 0 aliphatic rings. The SMILES string of the molecule is Cc1ccc(C(NN)c2cccs2)cn1. The summed E-state index contributed by atoms with van der Waals surface area (Å²) >= 11 is 1.68. The van der Waals surface area contributed by atoms with E-state index in [4.69, 9.17) is 5.84 Å². The Kier molecular flexibility index (Phi) is 3.11. The van der Waals surface area contributed by atoms with E-state index in [9.17, 15) is 0 Å². The quantitative estimate of drug-likeness (QED) is 0.613. The summed E-state index contributed by atoms with van der Waals surface area (Å²) < 4.78 is 0. The van der Waals surface area contributed by atoms with Crippen LogP contribution in [-0.2, 0) is 0 Å². The molecular weight excluding hydrogens is 206 g/mol. The Balaban J connectivity index is 2.31. The molecule has 4 heteroatoms. The fraction of sp³-hybridized carbons (Fsp3) is 0.182. The molecule has 0 fully saturated rings. The summed E-state index contributed by atoms with van der Waals surface area (Å²) in [4.78, 5) is 5.46. The Morgan fingerprint density at radius 2 is 2.27 bits per heavy atom. The van der Waals surface area contributed by atoms with E-state index in [0.29, 0.717) is 0 Å². The number of pyridine rings is 1. The molecule has 1 unspecified atom stereocenters. The van der Waals surface area contributed by atoms with Gasteiger partial charge < -0.3 is 0 Å². The van der Waals surface area contributed by atoms with E-state index in [-0.39, 0.29) is 6.04 Å². The van der Waals surface area contributed by atoms with Crippen LogP contribution in [-0.4, -0.2) is 4.98 Å². The number of nitrogens with zero attached hydrogens (tertiary/aromatic N) is 1. The zero-order valence-corrected chi connectivity index (χ0v) is 9.29. The van der Waals surface area contributed by atoms with Crippen LogP contribution in [0, 0.1) is 6.92 Å². The highest BCUT2D eigenvalue weighted by Gasteiger charge is 2.12. The third-order valence-electron chi connectivity index (χ3n) is 2.26. The van der Waals surface area contributed by atoms with Gasteiger partial charge in [-0.3, -0.25) is 10.8 Å². The van der Waals surface area contributed by atoms with Crippen molar-refractivity contribution in [3.05, 3.63) is 52.0 Å².